The first kappa shape index (κ1) is 10.7. The molecular formula is C11H8N4O2. The predicted octanol–water partition coefficient (Wildman–Crippen LogP) is 2.14. The number of nitrogens with one attached hydrogen (secondary N) is 1. The van der Waals surface area contributed by atoms with Gasteiger partial charge in [-0.3, -0.25) is 20.2 Å². The largest absolute Gasteiger partial charge is 0.295 e. The minimum atomic E-state index is -0.521. The monoisotopic (exact) mass is 228 g/mol. The van der Waals surface area contributed by atoms with Crippen LogP contribution in [-0.4, -0.2) is 9.60 Å². The molecular weight excluding hydrogens is 220 g/mol. The molecule has 0 radical (unpaired) electrons. The van der Waals surface area contributed by atoms with Crippen molar-refractivity contribution in [3.63, 3.8) is 0 Å². The maximum Gasteiger partial charge on any atom is 0.295 e. The first-order valence-corrected chi connectivity index (χ1v) is 4.79. The number of benzene rings is 1. The lowest BCUT2D eigenvalue weighted by molar-refractivity contribution is -0.384. The number of rotatable bonds is 3. The third-order valence-corrected chi connectivity index (χ3v) is 2.18. The Morgan fingerprint density at radius 3 is 2.65 bits per heavy atom. The zero-order chi connectivity index (χ0) is 12.3. The Morgan fingerprint density at radius 1 is 1.35 bits per heavy atom. The second-order valence-corrected chi connectivity index (χ2v) is 3.30. The Morgan fingerprint density at radius 2 is 2.06 bits per heavy atom. The van der Waals surface area contributed by atoms with Crippen LogP contribution in [0.5, 0.6) is 0 Å². The van der Waals surface area contributed by atoms with Gasteiger partial charge < -0.3 is 0 Å². The molecule has 0 saturated heterocycles. The van der Waals surface area contributed by atoms with Gasteiger partial charge in [0.15, 0.2) is 0 Å². The van der Waals surface area contributed by atoms with Gasteiger partial charge >= 0.3 is 0 Å². The second kappa shape index (κ2) is 4.37. The van der Waals surface area contributed by atoms with Gasteiger partial charge in [-0.1, -0.05) is 0 Å². The van der Waals surface area contributed by atoms with E-state index in [1.165, 1.54) is 18.2 Å². The fourth-order valence-corrected chi connectivity index (χ4v) is 1.39. The van der Waals surface area contributed by atoms with Crippen LogP contribution < -0.4 is 5.43 Å². The van der Waals surface area contributed by atoms with Crippen LogP contribution in [0.4, 0.5) is 11.4 Å². The normalized spacial score (nSPS) is 9.59. The first-order valence-electron chi connectivity index (χ1n) is 4.79. The number of hydrogen-bond donors (Lipinski definition) is 1. The molecule has 0 saturated carbocycles. The van der Waals surface area contributed by atoms with E-state index in [0.717, 1.165) is 0 Å². The van der Waals surface area contributed by atoms with E-state index in [1.54, 1.807) is 29.2 Å². The molecule has 6 nitrogen and oxygen atoms in total. The summed E-state index contributed by atoms with van der Waals surface area (Å²) in [6, 6.07) is 9.74. The predicted molar refractivity (Wildman–Crippen MR) is 61.3 cm³/mol. The summed E-state index contributed by atoms with van der Waals surface area (Å²) in [6.45, 7) is 0. The Hall–Kier alpha value is -2.81. The zero-order valence-electron chi connectivity index (χ0n) is 8.70. The Labute approximate surface area is 96.8 Å². The second-order valence-electron chi connectivity index (χ2n) is 3.30. The third-order valence-electron chi connectivity index (χ3n) is 2.18. The van der Waals surface area contributed by atoms with Crippen LogP contribution in [0, 0.1) is 21.4 Å². The molecule has 84 valence electrons. The van der Waals surface area contributed by atoms with Crippen molar-refractivity contribution in [2.45, 2.75) is 0 Å². The molecule has 0 aliphatic rings. The number of nitrogens with zero attached hydrogens (tertiary/aromatic N) is 3. The average Bonchev–Trinajstić information content (AvgIpc) is 2.82. The van der Waals surface area contributed by atoms with Crippen LogP contribution in [0.2, 0.25) is 0 Å². The van der Waals surface area contributed by atoms with E-state index in [9.17, 15) is 10.1 Å². The van der Waals surface area contributed by atoms with Gasteiger partial charge in [0, 0.05) is 18.5 Å². The van der Waals surface area contributed by atoms with E-state index in [-0.39, 0.29) is 11.3 Å². The molecule has 0 aliphatic carbocycles. The molecule has 17 heavy (non-hydrogen) atoms. The fourth-order valence-electron chi connectivity index (χ4n) is 1.39. The highest BCUT2D eigenvalue weighted by atomic mass is 16.6. The number of aromatic nitrogens is 1. The highest BCUT2D eigenvalue weighted by molar-refractivity contribution is 5.63. The van der Waals surface area contributed by atoms with E-state index in [0.29, 0.717) is 5.69 Å². The van der Waals surface area contributed by atoms with Crippen molar-refractivity contribution in [3.8, 4) is 6.07 Å². The maximum atomic E-state index is 10.9. The van der Waals surface area contributed by atoms with Crippen molar-refractivity contribution in [3.05, 3.63) is 58.4 Å². The van der Waals surface area contributed by atoms with Crippen LogP contribution in [0.3, 0.4) is 0 Å². The van der Waals surface area contributed by atoms with Crippen molar-refractivity contribution in [1.82, 2.24) is 4.68 Å². The minimum absolute atomic E-state index is 0.127. The molecule has 0 unspecified atom stereocenters. The number of nitro groups is 1. The molecule has 0 bridgehead atoms. The number of nitro benzene ring substituents is 1. The summed E-state index contributed by atoms with van der Waals surface area (Å²) >= 11 is 0. The lowest BCUT2D eigenvalue weighted by atomic mass is 10.2. The first-order chi connectivity index (χ1) is 8.20. The third kappa shape index (κ3) is 2.23. The summed E-state index contributed by atoms with van der Waals surface area (Å²) in [6.07, 6.45) is 3.45. The van der Waals surface area contributed by atoms with Crippen LogP contribution in [0.15, 0.2) is 42.7 Å². The molecule has 0 aliphatic heterocycles. The molecule has 1 aromatic heterocycles. The van der Waals surface area contributed by atoms with Gasteiger partial charge in [-0.15, -0.1) is 0 Å². The van der Waals surface area contributed by atoms with Gasteiger partial charge in [0.25, 0.3) is 5.69 Å². The molecule has 2 rings (SSSR count). The molecule has 1 N–H and O–H groups in total. The van der Waals surface area contributed by atoms with Crippen molar-refractivity contribution >= 4 is 11.4 Å². The van der Waals surface area contributed by atoms with Crippen LogP contribution in [0.25, 0.3) is 0 Å². The van der Waals surface area contributed by atoms with Gasteiger partial charge in [-0.2, -0.15) is 5.26 Å². The zero-order valence-corrected chi connectivity index (χ0v) is 8.70. The summed E-state index contributed by atoms with van der Waals surface area (Å²) in [5.41, 5.74) is 3.32. The van der Waals surface area contributed by atoms with Crippen LogP contribution >= 0.6 is 0 Å². The van der Waals surface area contributed by atoms with E-state index in [1.807, 2.05) is 6.07 Å². The van der Waals surface area contributed by atoms with Gasteiger partial charge in [0.05, 0.1) is 16.6 Å². The highest BCUT2D eigenvalue weighted by Gasteiger charge is 2.14. The summed E-state index contributed by atoms with van der Waals surface area (Å²) in [7, 11) is 0. The number of hydrogen-bond acceptors (Lipinski definition) is 4. The summed E-state index contributed by atoms with van der Waals surface area (Å²) in [5.74, 6) is 0. The Kier molecular flexibility index (Phi) is 2.75. The standard InChI is InChI=1S/C11H8N4O2/c12-8-9-3-4-10(11(7-9)15(16)17)13-14-5-1-2-6-14/h1-7,13H. The Bertz CT molecular complexity index is 584. The van der Waals surface area contributed by atoms with Gasteiger partial charge in [-0.25, -0.2) is 0 Å². The maximum absolute atomic E-state index is 10.9. The van der Waals surface area contributed by atoms with E-state index in [4.69, 9.17) is 5.26 Å². The quantitative estimate of drug-likeness (QED) is 0.644. The average molecular weight is 228 g/mol. The fraction of sp³-hybridized carbons (Fsp3) is 0. The lowest BCUT2D eigenvalue weighted by Crippen LogP contribution is -2.07. The van der Waals surface area contributed by atoms with Crippen LogP contribution in [-0.2, 0) is 0 Å². The molecule has 0 atom stereocenters. The molecule has 1 aromatic carbocycles. The SMILES string of the molecule is N#Cc1ccc(Nn2cccc2)c([N+](=O)[O-])c1. The van der Waals surface area contributed by atoms with E-state index < -0.39 is 4.92 Å². The minimum Gasteiger partial charge on any atom is -0.288 e. The molecule has 1 heterocycles. The molecule has 0 fully saturated rings. The van der Waals surface area contributed by atoms with Crippen molar-refractivity contribution in [2.24, 2.45) is 0 Å². The smallest absolute Gasteiger partial charge is 0.288 e. The number of anilines is 1. The van der Waals surface area contributed by atoms with Gasteiger partial charge in [0.1, 0.15) is 5.69 Å². The Balaban J connectivity index is 2.40. The summed E-state index contributed by atoms with van der Waals surface area (Å²) in [5, 5.41) is 19.6. The van der Waals surface area contributed by atoms with Gasteiger partial charge in [-0.05, 0) is 24.3 Å². The van der Waals surface area contributed by atoms with E-state index >= 15 is 0 Å². The van der Waals surface area contributed by atoms with Crippen molar-refractivity contribution < 1.29 is 4.92 Å². The summed E-state index contributed by atoms with van der Waals surface area (Å²) in [4.78, 5) is 10.3. The molecule has 2 aromatic rings. The highest BCUT2D eigenvalue weighted by Crippen LogP contribution is 2.25. The number of nitriles is 1. The van der Waals surface area contributed by atoms with Crippen LogP contribution in [0.1, 0.15) is 5.56 Å². The van der Waals surface area contributed by atoms with Gasteiger partial charge in [0.2, 0.25) is 0 Å². The molecule has 6 heteroatoms. The molecule has 0 spiro atoms. The topological polar surface area (TPSA) is 83.9 Å². The van der Waals surface area contributed by atoms with Crippen molar-refractivity contribution in [2.75, 3.05) is 5.43 Å². The lowest BCUT2D eigenvalue weighted by Gasteiger charge is -2.07. The van der Waals surface area contributed by atoms with E-state index in [2.05, 4.69) is 5.43 Å². The summed E-state index contributed by atoms with van der Waals surface area (Å²) < 4.78 is 1.59. The van der Waals surface area contributed by atoms with Crippen molar-refractivity contribution in [1.29, 1.82) is 5.26 Å². The molecule has 0 amide bonds.